The molecule has 2 aromatic rings. The Bertz CT molecular complexity index is 767. The summed E-state index contributed by atoms with van der Waals surface area (Å²) < 4.78 is 10.4. The van der Waals surface area contributed by atoms with E-state index in [0.29, 0.717) is 22.2 Å². The minimum Gasteiger partial charge on any atom is -0.495 e. The molecule has 0 unspecified atom stereocenters. The average Bonchev–Trinajstić information content (AvgIpc) is 2.55. The van der Waals surface area contributed by atoms with Crippen molar-refractivity contribution in [3.63, 3.8) is 0 Å². The molecule has 2 aromatic carbocycles. The van der Waals surface area contributed by atoms with Crippen LogP contribution in [0, 0.1) is 20.8 Å². The van der Waals surface area contributed by atoms with Crippen LogP contribution >= 0.6 is 11.6 Å². The number of hydrogen-bond donors (Lipinski definition) is 2. The molecule has 0 aliphatic carbocycles. The molecule has 0 saturated carbocycles. The van der Waals surface area contributed by atoms with Gasteiger partial charge in [0, 0.05) is 17.8 Å². The van der Waals surface area contributed by atoms with Crippen LogP contribution in [0.15, 0.2) is 24.3 Å². The Morgan fingerprint density at radius 3 is 2.16 bits per heavy atom. The van der Waals surface area contributed by atoms with Gasteiger partial charge in [0.2, 0.25) is 5.91 Å². The van der Waals surface area contributed by atoms with Crippen molar-refractivity contribution >= 4 is 28.9 Å². The fourth-order valence-electron chi connectivity index (χ4n) is 2.78. The number of nitrogens with one attached hydrogen (secondary N) is 2. The van der Waals surface area contributed by atoms with E-state index < -0.39 is 0 Å². The topological polar surface area (TPSA) is 59.6 Å². The van der Waals surface area contributed by atoms with E-state index in [0.717, 1.165) is 16.8 Å². The van der Waals surface area contributed by atoms with Crippen molar-refractivity contribution < 1.29 is 14.3 Å². The van der Waals surface area contributed by atoms with Crippen molar-refractivity contribution in [2.45, 2.75) is 20.8 Å². The molecule has 0 spiro atoms. The highest BCUT2D eigenvalue weighted by Crippen LogP contribution is 2.35. The number of halogens is 1. The molecule has 134 valence electrons. The van der Waals surface area contributed by atoms with Crippen LogP contribution in [0.2, 0.25) is 5.02 Å². The Kier molecular flexibility index (Phi) is 6.15. The van der Waals surface area contributed by atoms with E-state index in [2.05, 4.69) is 29.7 Å². The van der Waals surface area contributed by atoms with Gasteiger partial charge in [0.15, 0.2) is 0 Å². The fraction of sp³-hybridized carbons (Fsp3) is 0.316. The van der Waals surface area contributed by atoms with Crippen LogP contribution in [-0.2, 0) is 4.79 Å². The number of carbonyl (C=O) groups is 1. The summed E-state index contributed by atoms with van der Waals surface area (Å²) in [5, 5.41) is 6.43. The van der Waals surface area contributed by atoms with E-state index in [1.807, 2.05) is 13.8 Å². The Balaban J connectivity index is 2.11. The number of carbonyl (C=O) groups excluding carboxylic acids is 1. The normalized spacial score (nSPS) is 10.3. The molecule has 0 fully saturated rings. The number of hydrogen-bond acceptors (Lipinski definition) is 4. The zero-order chi connectivity index (χ0) is 18.6. The second-order valence-corrected chi connectivity index (χ2v) is 6.27. The van der Waals surface area contributed by atoms with Crippen molar-refractivity contribution in [2.24, 2.45) is 0 Å². The van der Waals surface area contributed by atoms with E-state index in [9.17, 15) is 4.79 Å². The van der Waals surface area contributed by atoms with Gasteiger partial charge in [-0.1, -0.05) is 29.3 Å². The predicted molar refractivity (Wildman–Crippen MR) is 102 cm³/mol. The third-order valence-corrected chi connectivity index (χ3v) is 4.15. The van der Waals surface area contributed by atoms with Gasteiger partial charge in [-0.25, -0.2) is 0 Å². The standard InChI is InChI=1S/C19H23ClN2O3/c1-11-6-12(2)19(13(3)7-11)21-10-18(23)22-15-9-16(24-4)14(20)8-17(15)25-5/h6-9,21H,10H2,1-5H3,(H,22,23). The molecule has 25 heavy (non-hydrogen) atoms. The number of rotatable bonds is 6. The molecule has 0 aliphatic heterocycles. The Hall–Kier alpha value is -2.40. The summed E-state index contributed by atoms with van der Waals surface area (Å²) in [7, 11) is 3.04. The zero-order valence-electron chi connectivity index (χ0n) is 15.1. The lowest BCUT2D eigenvalue weighted by molar-refractivity contribution is -0.114. The van der Waals surface area contributed by atoms with E-state index in [1.54, 1.807) is 12.1 Å². The van der Waals surface area contributed by atoms with Gasteiger partial charge in [-0.05, 0) is 31.9 Å². The maximum atomic E-state index is 12.3. The van der Waals surface area contributed by atoms with Crippen LogP contribution in [0.25, 0.3) is 0 Å². The van der Waals surface area contributed by atoms with Gasteiger partial charge in [-0.15, -0.1) is 0 Å². The molecule has 1 amide bonds. The molecule has 0 saturated heterocycles. The van der Waals surface area contributed by atoms with Crippen LogP contribution in [0.3, 0.4) is 0 Å². The lowest BCUT2D eigenvalue weighted by atomic mass is 10.1. The van der Waals surface area contributed by atoms with Crippen molar-refractivity contribution in [3.05, 3.63) is 46.0 Å². The summed E-state index contributed by atoms with van der Waals surface area (Å²) in [6, 6.07) is 7.42. The van der Waals surface area contributed by atoms with Crippen molar-refractivity contribution in [2.75, 3.05) is 31.4 Å². The maximum Gasteiger partial charge on any atom is 0.243 e. The molecule has 0 aliphatic rings. The van der Waals surface area contributed by atoms with Crippen molar-refractivity contribution in [1.82, 2.24) is 0 Å². The first-order valence-electron chi connectivity index (χ1n) is 7.88. The molecule has 0 atom stereocenters. The lowest BCUT2D eigenvalue weighted by Gasteiger charge is -2.15. The molecular formula is C19H23ClN2O3. The molecule has 2 rings (SSSR count). The number of amides is 1. The number of methoxy groups -OCH3 is 2. The highest BCUT2D eigenvalue weighted by molar-refractivity contribution is 6.32. The van der Waals surface area contributed by atoms with Gasteiger partial charge in [-0.2, -0.15) is 0 Å². The Morgan fingerprint density at radius 1 is 1.00 bits per heavy atom. The smallest absolute Gasteiger partial charge is 0.243 e. The van der Waals surface area contributed by atoms with Gasteiger partial charge in [-0.3, -0.25) is 4.79 Å². The molecule has 0 aromatic heterocycles. The summed E-state index contributed by atoms with van der Waals surface area (Å²) in [4.78, 5) is 12.3. The fourth-order valence-corrected chi connectivity index (χ4v) is 3.01. The second-order valence-electron chi connectivity index (χ2n) is 5.86. The van der Waals surface area contributed by atoms with Crippen LogP contribution in [-0.4, -0.2) is 26.7 Å². The third kappa shape index (κ3) is 4.57. The predicted octanol–water partition coefficient (Wildman–Crippen LogP) is 4.33. The van der Waals surface area contributed by atoms with Crippen molar-refractivity contribution in [3.8, 4) is 11.5 Å². The maximum absolute atomic E-state index is 12.3. The molecule has 5 nitrogen and oxygen atoms in total. The monoisotopic (exact) mass is 362 g/mol. The van der Waals surface area contributed by atoms with Crippen LogP contribution in [0.1, 0.15) is 16.7 Å². The molecule has 6 heteroatoms. The number of ether oxygens (including phenoxy) is 2. The lowest BCUT2D eigenvalue weighted by Crippen LogP contribution is -2.22. The summed E-state index contributed by atoms with van der Waals surface area (Å²) >= 11 is 6.08. The van der Waals surface area contributed by atoms with Crippen molar-refractivity contribution in [1.29, 1.82) is 0 Å². The zero-order valence-corrected chi connectivity index (χ0v) is 15.9. The molecule has 0 radical (unpaired) electrons. The quantitative estimate of drug-likeness (QED) is 0.802. The van der Waals surface area contributed by atoms with E-state index in [1.165, 1.54) is 19.8 Å². The van der Waals surface area contributed by atoms with E-state index >= 15 is 0 Å². The van der Waals surface area contributed by atoms with Gasteiger partial charge >= 0.3 is 0 Å². The highest BCUT2D eigenvalue weighted by Gasteiger charge is 2.13. The number of aryl methyl sites for hydroxylation is 3. The first-order valence-corrected chi connectivity index (χ1v) is 8.26. The number of benzene rings is 2. The van der Waals surface area contributed by atoms with Gasteiger partial charge < -0.3 is 20.1 Å². The molecule has 2 N–H and O–H groups in total. The Morgan fingerprint density at radius 2 is 1.60 bits per heavy atom. The molecule has 0 bridgehead atoms. The first-order chi connectivity index (χ1) is 11.8. The van der Waals surface area contributed by atoms with E-state index in [-0.39, 0.29) is 12.5 Å². The summed E-state index contributed by atoms with van der Waals surface area (Å²) in [6.45, 7) is 6.23. The minimum atomic E-state index is -0.193. The van der Waals surface area contributed by atoms with Crippen LogP contribution in [0.4, 0.5) is 11.4 Å². The second kappa shape index (κ2) is 8.12. The molecular weight excluding hydrogens is 340 g/mol. The number of anilines is 2. The summed E-state index contributed by atoms with van der Waals surface area (Å²) in [6.07, 6.45) is 0. The van der Waals surface area contributed by atoms with E-state index in [4.69, 9.17) is 21.1 Å². The minimum absolute atomic E-state index is 0.138. The summed E-state index contributed by atoms with van der Waals surface area (Å²) in [5.41, 5.74) is 4.89. The third-order valence-electron chi connectivity index (χ3n) is 3.85. The largest absolute Gasteiger partial charge is 0.495 e. The molecule has 0 heterocycles. The van der Waals surface area contributed by atoms with Gasteiger partial charge in [0.1, 0.15) is 11.5 Å². The van der Waals surface area contributed by atoms with Gasteiger partial charge in [0.05, 0.1) is 31.5 Å². The Labute approximate surface area is 153 Å². The van der Waals surface area contributed by atoms with Crippen LogP contribution in [0.5, 0.6) is 11.5 Å². The summed E-state index contributed by atoms with van der Waals surface area (Å²) in [5.74, 6) is 0.750. The first kappa shape index (κ1) is 18.9. The highest BCUT2D eigenvalue weighted by atomic mass is 35.5. The van der Waals surface area contributed by atoms with Gasteiger partial charge in [0.25, 0.3) is 0 Å². The van der Waals surface area contributed by atoms with Crippen LogP contribution < -0.4 is 20.1 Å². The average molecular weight is 363 g/mol. The SMILES string of the molecule is COc1cc(NC(=O)CNc2c(C)cc(C)cc2C)c(OC)cc1Cl.